The van der Waals surface area contributed by atoms with E-state index in [0.29, 0.717) is 0 Å². The van der Waals surface area contributed by atoms with E-state index in [4.69, 9.17) is 0 Å². The number of alkyl halides is 1. The summed E-state index contributed by atoms with van der Waals surface area (Å²) in [6.45, 7) is 0. The fraction of sp³-hybridized carbons (Fsp3) is 0.214. The zero-order valence-corrected chi connectivity index (χ0v) is 11.9. The Kier molecular flexibility index (Phi) is 4.95. The molecule has 17 heavy (non-hydrogen) atoms. The van der Waals surface area contributed by atoms with Gasteiger partial charge in [0, 0.05) is 22.7 Å². The lowest BCUT2D eigenvalue weighted by Gasteiger charge is -1.93. The topological polar surface area (TPSA) is 12.9 Å². The number of hydrogen-bond acceptors (Lipinski definition) is 2. The molecule has 0 saturated carbocycles. The van der Waals surface area contributed by atoms with Gasteiger partial charge in [0.15, 0.2) is 0 Å². The van der Waals surface area contributed by atoms with E-state index in [1.807, 2.05) is 18.2 Å². The SMILES string of the molecule is BrCCC=CCc1nc(-c2ccccc2)cs1. The average Bonchev–Trinajstić information content (AvgIpc) is 2.85. The third-order valence-electron chi connectivity index (χ3n) is 2.36. The summed E-state index contributed by atoms with van der Waals surface area (Å²) in [5.74, 6) is 0. The molecule has 1 heterocycles. The third-order valence-corrected chi connectivity index (χ3v) is 3.69. The number of hydrogen-bond donors (Lipinski definition) is 0. The Morgan fingerprint density at radius 2 is 2.00 bits per heavy atom. The van der Waals surface area contributed by atoms with Crippen molar-refractivity contribution in [2.24, 2.45) is 0 Å². The summed E-state index contributed by atoms with van der Waals surface area (Å²) in [7, 11) is 0. The number of rotatable bonds is 5. The number of aromatic nitrogens is 1. The molecule has 0 unspecified atom stereocenters. The second kappa shape index (κ2) is 6.72. The Morgan fingerprint density at radius 1 is 1.18 bits per heavy atom. The van der Waals surface area contributed by atoms with Crippen LogP contribution in [0.15, 0.2) is 47.9 Å². The van der Waals surface area contributed by atoms with Crippen molar-refractivity contribution < 1.29 is 0 Å². The second-order valence-electron chi connectivity index (χ2n) is 3.65. The Balaban J connectivity index is 2.01. The molecule has 1 aromatic carbocycles. The standard InChI is InChI=1S/C14H14BrNS/c15-10-6-2-5-9-14-16-13(11-17-14)12-7-3-1-4-8-12/h1-5,7-8,11H,6,9-10H2. The van der Waals surface area contributed by atoms with E-state index in [-0.39, 0.29) is 0 Å². The van der Waals surface area contributed by atoms with E-state index in [2.05, 4.69) is 50.6 Å². The molecule has 0 aliphatic heterocycles. The van der Waals surface area contributed by atoms with Crippen molar-refractivity contribution in [1.29, 1.82) is 0 Å². The van der Waals surface area contributed by atoms with Crippen LogP contribution < -0.4 is 0 Å². The lowest BCUT2D eigenvalue weighted by atomic mass is 10.2. The van der Waals surface area contributed by atoms with E-state index in [1.54, 1.807) is 11.3 Å². The Hall–Kier alpha value is -0.930. The molecule has 0 aliphatic rings. The lowest BCUT2D eigenvalue weighted by Crippen LogP contribution is -1.81. The van der Waals surface area contributed by atoms with Gasteiger partial charge >= 0.3 is 0 Å². The minimum absolute atomic E-state index is 0.935. The van der Waals surface area contributed by atoms with Crippen LogP contribution in [0.3, 0.4) is 0 Å². The Morgan fingerprint density at radius 3 is 2.76 bits per heavy atom. The van der Waals surface area contributed by atoms with Gasteiger partial charge in [0.25, 0.3) is 0 Å². The molecule has 0 radical (unpaired) electrons. The van der Waals surface area contributed by atoms with Gasteiger partial charge in [-0.25, -0.2) is 4.98 Å². The van der Waals surface area contributed by atoms with E-state index in [0.717, 1.165) is 23.9 Å². The van der Waals surface area contributed by atoms with Crippen molar-refractivity contribution in [3.05, 3.63) is 52.9 Å². The fourth-order valence-corrected chi connectivity index (χ4v) is 2.56. The molecule has 2 aromatic rings. The molecule has 0 fully saturated rings. The van der Waals surface area contributed by atoms with Gasteiger partial charge in [-0.3, -0.25) is 0 Å². The zero-order valence-electron chi connectivity index (χ0n) is 9.47. The molecule has 0 bridgehead atoms. The summed E-state index contributed by atoms with van der Waals surface area (Å²) < 4.78 is 0. The first-order chi connectivity index (χ1) is 8.40. The van der Waals surface area contributed by atoms with Gasteiger partial charge in [-0.05, 0) is 6.42 Å². The van der Waals surface area contributed by atoms with Gasteiger partial charge in [0.1, 0.15) is 0 Å². The molecule has 0 spiro atoms. The minimum Gasteiger partial charge on any atom is -0.241 e. The number of allylic oxidation sites excluding steroid dienone is 2. The highest BCUT2D eigenvalue weighted by molar-refractivity contribution is 9.09. The first-order valence-electron chi connectivity index (χ1n) is 5.61. The van der Waals surface area contributed by atoms with Crippen LogP contribution in [0.1, 0.15) is 11.4 Å². The molecule has 0 aliphatic carbocycles. The smallest absolute Gasteiger partial charge is 0.0970 e. The molecule has 1 aromatic heterocycles. The van der Waals surface area contributed by atoms with Gasteiger partial charge in [-0.15, -0.1) is 11.3 Å². The van der Waals surface area contributed by atoms with Crippen LogP contribution in [0.2, 0.25) is 0 Å². The summed E-state index contributed by atoms with van der Waals surface area (Å²) in [4.78, 5) is 4.63. The maximum atomic E-state index is 4.63. The molecule has 0 atom stereocenters. The van der Waals surface area contributed by atoms with Crippen molar-refractivity contribution >= 4 is 27.3 Å². The summed E-state index contributed by atoms with van der Waals surface area (Å²) in [6, 6.07) is 10.3. The van der Waals surface area contributed by atoms with Crippen LogP contribution >= 0.6 is 27.3 Å². The number of halogens is 1. The molecule has 0 amide bonds. The van der Waals surface area contributed by atoms with Gasteiger partial charge < -0.3 is 0 Å². The van der Waals surface area contributed by atoms with Crippen molar-refractivity contribution in [1.82, 2.24) is 4.98 Å². The van der Waals surface area contributed by atoms with Crippen LogP contribution in [-0.2, 0) is 6.42 Å². The predicted octanol–water partition coefficient (Wildman–Crippen LogP) is 4.69. The maximum Gasteiger partial charge on any atom is 0.0970 e. The second-order valence-corrected chi connectivity index (χ2v) is 5.38. The highest BCUT2D eigenvalue weighted by Gasteiger charge is 2.02. The van der Waals surface area contributed by atoms with Crippen LogP contribution in [0.4, 0.5) is 0 Å². The lowest BCUT2D eigenvalue weighted by molar-refractivity contribution is 1.16. The molecular weight excluding hydrogens is 294 g/mol. The normalized spacial score (nSPS) is 11.1. The van der Waals surface area contributed by atoms with Crippen molar-refractivity contribution in [2.75, 3.05) is 5.33 Å². The van der Waals surface area contributed by atoms with Gasteiger partial charge in [-0.1, -0.05) is 58.4 Å². The highest BCUT2D eigenvalue weighted by Crippen LogP contribution is 2.21. The molecular formula is C14H14BrNS. The molecule has 2 rings (SSSR count). The fourth-order valence-electron chi connectivity index (χ4n) is 1.51. The predicted molar refractivity (Wildman–Crippen MR) is 78.8 cm³/mol. The Labute approximate surface area is 114 Å². The van der Waals surface area contributed by atoms with Gasteiger partial charge in [0.05, 0.1) is 10.7 Å². The number of thiazole rings is 1. The molecule has 0 N–H and O–H groups in total. The molecule has 88 valence electrons. The molecule has 1 nitrogen and oxygen atoms in total. The Bertz CT molecular complexity index is 476. The number of benzene rings is 1. The van der Waals surface area contributed by atoms with E-state index < -0.39 is 0 Å². The van der Waals surface area contributed by atoms with Gasteiger partial charge in [-0.2, -0.15) is 0 Å². The van der Waals surface area contributed by atoms with Crippen molar-refractivity contribution in [3.63, 3.8) is 0 Å². The maximum absolute atomic E-state index is 4.63. The summed E-state index contributed by atoms with van der Waals surface area (Å²) in [6.07, 6.45) is 6.40. The van der Waals surface area contributed by atoms with Crippen LogP contribution in [0, 0.1) is 0 Å². The minimum atomic E-state index is 0.935. The monoisotopic (exact) mass is 307 g/mol. The third kappa shape index (κ3) is 3.79. The van der Waals surface area contributed by atoms with Crippen LogP contribution in [0.5, 0.6) is 0 Å². The first-order valence-corrected chi connectivity index (χ1v) is 7.61. The van der Waals surface area contributed by atoms with Crippen LogP contribution in [-0.4, -0.2) is 10.3 Å². The largest absolute Gasteiger partial charge is 0.241 e. The van der Waals surface area contributed by atoms with E-state index >= 15 is 0 Å². The summed E-state index contributed by atoms with van der Waals surface area (Å²) in [5.41, 5.74) is 2.28. The van der Waals surface area contributed by atoms with Gasteiger partial charge in [0.2, 0.25) is 0 Å². The molecule has 0 saturated heterocycles. The zero-order chi connectivity index (χ0) is 11.9. The van der Waals surface area contributed by atoms with E-state index in [1.165, 1.54) is 10.6 Å². The number of nitrogens with zero attached hydrogens (tertiary/aromatic N) is 1. The average molecular weight is 308 g/mol. The molecule has 3 heteroatoms. The van der Waals surface area contributed by atoms with Crippen molar-refractivity contribution in [3.8, 4) is 11.3 Å². The quantitative estimate of drug-likeness (QED) is 0.576. The van der Waals surface area contributed by atoms with Crippen LogP contribution in [0.25, 0.3) is 11.3 Å². The van der Waals surface area contributed by atoms with E-state index in [9.17, 15) is 0 Å². The first kappa shape index (κ1) is 12.5. The summed E-state index contributed by atoms with van der Waals surface area (Å²) >= 11 is 5.13. The summed E-state index contributed by atoms with van der Waals surface area (Å²) in [5, 5.41) is 4.33. The highest BCUT2D eigenvalue weighted by atomic mass is 79.9. The van der Waals surface area contributed by atoms with Crippen molar-refractivity contribution in [2.45, 2.75) is 12.8 Å².